The molecule has 1 amide bonds. The maximum absolute atomic E-state index is 12.3. The molecule has 0 aliphatic carbocycles. The van der Waals surface area contributed by atoms with Crippen molar-refractivity contribution in [3.05, 3.63) is 0 Å². The molecule has 2 heterocycles. The Morgan fingerprint density at radius 1 is 1.26 bits per heavy atom. The van der Waals surface area contributed by atoms with Gasteiger partial charge in [0.05, 0.1) is 0 Å². The molecule has 0 saturated carbocycles. The molecule has 2 rings (SSSR count). The average Bonchev–Trinajstić information content (AvgIpc) is 2.98. The van der Waals surface area contributed by atoms with E-state index in [4.69, 9.17) is 5.73 Å². The van der Waals surface area contributed by atoms with E-state index < -0.39 is 0 Å². The highest BCUT2D eigenvalue weighted by Crippen LogP contribution is 2.22. The summed E-state index contributed by atoms with van der Waals surface area (Å²) in [5, 5.41) is 0. The molecule has 2 fully saturated rings. The van der Waals surface area contributed by atoms with E-state index in [1.807, 2.05) is 4.90 Å². The topological polar surface area (TPSA) is 49.6 Å². The van der Waals surface area contributed by atoms with Crippen molar-refractivity contribution in [3.8, 4) is 0 Å². The molecule has 2 saturated heterocycles. The Kier molecular flexibility index (Phi) is 5.64. The van der Waals surface area contributed by atoms with E-state index in [-0.39, 0.29) is 6.04 Å². The standard InChI is InChI=1S/C15H29N3O/c1-2-13-6-5-9-18(12-13)14(11-16)10-15(19)17-7-3-4-8-17/h13-14H,2-12,16H2,1H3. The Labute approximate surface area is 117 Å². The minimum Gasteiger partial charge on any atom is -0.343 e. The second-order valence-corrected chi connectivity index (χ2v) is 6.09. The smallest absolute Gasteiger partial charge is 0.224 e. The van der Waals surface area contributed by atoms with Crippen molar-refractivity contribution in [2.45, 2.75) is 51.5 Å². The van der Waals surface area contributed by atoms with E-state index in [0.717, 1.165) is 32.1 Å². The average molecular weight is 267 g/mol. The summed E-state index contributed by atoms with van der Waals surface area (Å²) in [7, 11) is 0. The fourth-order valence-electron chi connectivity index (χ4n) is 3.42. The number of amides is 1. The number of carbonyl (C=O) groups is 1. The molecule has 2 atom stereocenters. The Morgan fingerprint density at radius 3 is 2.63 bits per heavy atom. The molecule has 0 aromatic carbocycles. The highest BCUT2D eigenvalue weighted by Gasteiger charge is 2.28. The zero-order valence-electron chi connectivity index (χ0n) is 12.3. The predicted molar refractivity (Wildman–Crippen MR) is 77.9 cm³/mol. The van der Waals surface area contributed by atoms with Gasteiger partial charge in [-0.05, 0) is 38.1 Å². The van der Waals surface area contributed by atoms with Gasteiger partial charge in [-0.1, -0.05) is 13.3 Å². The largest absolute Gasteiger partial charge is 0.343 e. The molecule has 4 nitrogen and oxygen atoms in total. The van der Waals surface area contributed by atoms with Gasteiger partial charge in [0, 0.05) is 38.6 Å². The second kappa shape index (κ2) is 7.25. The summed E-state index contributed by atoms with van der Waals surface area (Å²) in [5.41, 5.74) is 5.93. The lowest BCUT2D eigenvalue weighted by Crippen LogP contribution is -2.48. The fraction of sp³-hybridized carbons (Fsp3) is 0.933. The molecule has 2 unspecified atom stereocenters. The summed E-state index contributed by atoms with van der Waals surface area (Å²) < 4.78 is 0. The summed E-state index contributed by atoms with van der Waals surface area (Å²) >= 11 is 0. The quantitative estimate of drug-likeness (QED) is 0.820. The number of hydrogen-bond donors (Lipinski definition) is 1. The molecule has 0 spiro atoms. The van der Waals surface area contributed by atoms with Crippen LogP contribution in [0.5, 0.6) is 0 Å². The van der Waals surface area contributed by atoms with Gasteiger partial charge in [0.15, 0.2) is 0 Å². The van der Waals surface area contributed by atoms with Crippen molar-refractivity contribution in [2.24, 2.45) is 11.7 Å². The minimum atomic E-state index is 0.252. The number of rotatable bonds is 5. The molecule has 0 aromatic rings. The molecule has 2 N–H and O–H groups in total. The number of likely N-dealkylation sites (tertiary alicyclic amines) is 2. The first-order chi connectivity index (χ1) is 9.24. The maximum atomic E-state index is 12.3. The van der Waals surface area contributed by atoms with Crippen molar-refractivity contribution in [1.82, 2.24) is 9.80 Å². The third-order valence-electron chi connectivity index (χ3n) is 4.79. The summed E-state index contributed by atoms with van der Waals surface area (Å²) in [6.45, 7) is 7.02. The first-order valence-electron chi connectivity index (χ1n) is 7.96. The van der Waals surface area contributed by atoms with Crippen LogP contribution in [0.25, 0.3) is 0 Å². The predicted octanol–water partition coefficient (Wildman–Crippen LogP) is 1.45. The van der Waals surface area contributed by atoms with Crippen molar-refractivity contribution in [1.29, 1.82) is 0 Å². The SMILES string of the molecule is CCC1CCCN(C(CN)CC(=O)N2CCCC2)C1. The fourth-order valence-corrected chi connectivity index (χ4v) is 3.42. The molecular weight excluding hydrogens is 238 g/mol. The third-order valence-corrected chi connectivity index (χ3v) is 4.79. The number of nitrogens with zero attached hydrogens (tertiary/aromatic N) is 2. The molecular formula is C15H29N3O. The normalized spacial score (nSPS) is 26.6. The molecule has 4 heteroatoms. The van der Waals surface area contributed by atoms with Gasteiger partial charge in [-0.2, -0.15) is 0 Å². The van der Waals surface area contributed by atoms with Gasteiger partial charge in [0.25, 0.3) is 0 Å². The van der Waals surface area contributed by atoms with Crippen LogP contribution >= 0.6 is 0 Å². The van der Waals surface area contributed by atoms with Crippen LogP contribution in [0.15, 0.2) is 0 Å². The maximum Gasteiger partial charge on any atom is 0.224 e. The molecule has 0 aromatic heterocycles. The molecule has 0 radical (unpaired) electrons. The van der Waals surface area contributed by atoms with Crippen LogP contribution in [-0.2, 0) is 4.79 Å². The van der Waals surface area contributed by atoms with Crippen LogP contribution in [0.2, 0.25) is 0 Å². The van der Waals surface area contributed by atoms with Crippen molar-refractivity contribution in [2.75, 3.05) is 32.7 Å². The molecule has 2 aliphatic rings. The zero-order valence-corrected chi connectivity index (χ0v) is 12.3. The van der Waals surface area contributed by atoms with Crippen LogP contribution in [0.4, 0.5) is 0 Å². The van der Waals surface area contributed by atoms with Gasteiger partial charge in [-0.25, -0.2) is 0 Å². The van der Waals surface area contributed by atoms with E-state index in [1.165, 1.54) is 32.1 Å². The molecule has 0 bridgehead atoms. The van der Waals surface area contributed by atoms with Crippen molar-refractivity contribution < 1.29 is 4.79 Å². The van der Waals surface area contributed by atoms with Gasteiger partial charge in [0.2, 0.25) is 5.91 Å². The first-order valence-corrected chi connectivity index (χ1v) is 7.96. The van der Waals surface area contributed by atoms with Gasteiger partial charge in [-0.3, -0.25) is 9.69 Å². The number of hydrogen-bond acceptors (Lipinski definition) is 3. The Hall–Kier alpha value is -0.610. The minimum absolute atomic E-state index is 0.252. The highest BCUT2D eigenvalue weighted by atomic mass is 16.2. The molecule has 2 aliphatic heterocycles. The lowest BCUT2D eigenvalue weighted by Gasteiger charge is -2.38. The van der Waals surface area contributed by atoms with Crippen LogP contribution < -0.4 is 5.73 Å². The summed E-state index contributed by atoms with van der Waals surface area (Å²) in [6.07, 6.45) is 6.79. The van der Waals surface area contributed by atoms with E-state index in [1.54, 1.807) is 0 Å². The zero-order chi connectivity index (χ0) is 13.7. The van der Waals surface area contributed by atoms with E-state index in [0.29, 0.717) is 18.9 Å². The first kappa shape index (κ1) is 14.8. The Morgan fingerprint density at radius 2 is 2.00 bits per heavy atom. The van der Waals surface area contributed by atoms with Gasteiger partial charge in [0.1, 0.15) is 0 Å². The van der Waals surface area contributed by atoms with Crippen LogP contribution in [0.1, 0.15) is 45.4 Å². The lowest BCUT2D eigenvalue weighted by molar-refractivity contribution is -0.131. The Balaban J connectivity index is 1.86. The Bertz CT molecular complexity index is 289. The lowest BCUT2D eigenvalue weighted by atomic mass is 9.94. The monoisotopic (exact) mass is 267 g/mol. The highest BCUT2D eigenvalue weighted by molar-refractivity contribution is 5.77. The van der Waals surface area contributed by atoms with Crippen molar-refractivity contribution in [3.63, 3.8) is 0 Å². The molecule has 19 heavy (non-hydrogen) atoms. The van der Waals surface area contributed by atoms with Crippen molar-refractivity contribution >= 4 is 5.91 Å². The summed E-state index contributed by atoms with van der Waals surface area (Å²) in [4.78, 5) is 16.7. The third kappa shape index (κ3) is 3.93. The van der Waals surface area contributed by atoms with E-state index in [2.05, 4.69) is 11.8 Å². The number of piperidine rings is 1. The van der Waals surface area contributed by atoms with Crippen LogP contribution in [-0.4, -0.2) is 54.5 Å². The summed E-state index contributed by atoms with van der Waals surface area (Å²) in [6, 6.07) is 0.252. The van der Waals surface area contributed by atoms with Gasteiger partial charge >= 0.3 is 0 Å². The second-order valence-electron chi connectivity index (χ2n) is 6.09. The summed E-state index contributed by atoms with van der Waals surface area (Å²) in [5.74, 6) is 1.11. The van der Waals surface area contributed by atoms with E-state index >= 15 is 0 Å². The van der Waals surface area contributed by atoms with Crippen LogP contribution in [0.3, 0.4) is 0 Å². The number of carbonyl (C=O) groups excluding carboxylic acids is 1. The number of nitrogens with two attached hydrogens (primary N) is 1. The van der Waals surface area contributed by atoms with E-state index in [9.17, 15) is 4.79 Å². The van der Waals surface area contributed by atoms with Gasteiger partial charge < -0.3 is 10.6 Å². The van der Waals surface area contributed by atoms with Gasteiger partial charge in [-0.15, -0.1) is 0 Å². The van der Waals surface area contributed by atoms with Crippen LogP contribution in [0, 0.1) is 5.92 Å². The molecule has 110 valence electrons.